The molecule has 2 aliphatic rings. The van der Waals surface area contributed by atoms with Gasteiger partial charge in [-0.25, -0.2) is 8.78 Å². The first kappa shape index (κ1) is 9.34. The number of rotatable bonds is 1. The van der Waals surface area contributed by atoms with Crippen molar-refractivity contribution in [3.05, 3.63) is 0 Å². The highest BCUT2D eigenvalue weighted by Gasteiger charge is 2.47. The van der Waals surface area contributed by atoms with Crippen LogP contribution in [0.15, 0.2) is 0 Å². The summed E-state index contributed by atoms with van der Waals surface area (Å²) in [5, 5.41) is 2.77. The van der Waals surface area contributed by atoms with Crippen LogP contribution in [0.1, 0.15) is 12.8 Å². The Hall–Kier alpha value is -0.220. The largest absolute Gasteiger partial charge is 0.381 e. The second-order valence-electron chi connectivity index (χ2n) is 3.95. The summed E-state index contributed by atoms with van der Waals surface area (Å²) < 4.78 is 31.7. The van der Waals surface area contributed by atoms with Crippen molar-refractivity contribution in [2.75, 3.05) is 26.3 Å². The molecule has 0 radical (unpaired) electrons. The fourth-order valence-electron chi connectivity index (χ4n) is 2.30. The van der Waals surface area contributed by atoms with Gasteiger partial charge in [0.05, 0.1) is 6.54 Å². The molecule has 1 unspecified atom stereocenters. The minimum absolute atomic E-state index is 0.144. The number of ether oxygens (including phenoxy) is 1. The van der Waals surface area contributed by atoms with Crippen LogP contribution < -0.4 is 5.32 Å². The molecule has 1 N–H and O–H groups in total. The summed E-state index contributed by atoms with van der Waals surface area (Å²) in [6.45, 7) is 1.63. The van der Waals surface area contributed by atoms with E-state index in [9.17, 15) is 8.78 Å². The normalized spacial score (nSPS) is 35.1. The van der Waals surface area contributed by atoms with Crippen molar-refractivity contribution in [3.8, 4) is 0 Å². The smallest absolute Gasteiger partial charge is 0.264 e. The highest BCUT2D eigenvalue weighted by atomic mass is 19.3. The molecule has 0 saturated carbocycles. The van der Waals surface area contributed by atoms with Gasteiger partial charge in [0.1, 0.15) is 0 Å². The van der Waals surface area contributed by atoms with Gasteiger partial charge in [-0.15, -0.1) is 0 Å². The van der Waals surface area contributed by atoms with Gasteiger partial charge in [0.25, 0.3) is 5.92 Å². The van der Waals surface area contributed by atoms with E-state index in [0.717, 1.165) is 12.8 Å². The second kappa shape index (κ2) is 3.50. The minimum atomic E-state index is -2.50. The lowest BCUT2D eigenvalue weighted by atomic mass is 9.83. The summed E-state index contributed by atoms with van der Waals surface area (Å²) in [6, 6.07) is 0. The third kappa shape index (κ3) is 1.83. The summed E-state index contributed by atoms with van der Waals surface area (Å²) in [4.78, 5) is 0. The SMILES string of the molecule is FC1(F)CNCC1C1CCOCC1. The Bertz CT molecular complexity index is 180. The van der Waals surface area contributed by atoms with E-state index < -0.39 is 11.8 Å². The quantitative estimate of drug-likeness (QED) is 0.674. The minimum Gasteiger partial charge on any atom is -0.381 e. The van der Waals surface area contributed by atoms with E-state index in [1.165, 1.54) is 0 Å². The van der Waals surface area contributed by atoms with E-state index in [4.69, 9.17) is 4.74 Å². The van der Waals surface area contributed by atoms with Crippen molar-refractivity contribution in [1.29, 1.82) is 0 Å². The molecule has 2 saturated heterocycles. The Morgan fingerprint density at radius 1 is 1.23 bits per heavy atom. The van der Waals surface area contributed by atoms with Gasteiger partial charge in [0.2, 0.25) is 0 Å². The molecular formula is C9H15F2NO. The Labute approximate surface area is 76.6 Å². The van der Waals surface area contributed by atoms with Gasteiger partial charge >= 0.3 is 0 Å². The van der Waals surface area contributed by atoms with Gasteiger partial charge in [-0.05, 0) is 18.8 Å². The molecule has 0 aromatic heterocycles. The van der Waals surface area contributed by atoms with E-state index >= 15 is 0 Å². The average Bonchev–Trinajstić information content (AvgIpc) is 2.47. The molecule has 0 spiro atoms. The Kier molecular flexibility index (Phi) is 2.51. The van der Waals surface area contributed by atoms with Crippen LogP contribution in [-0.4, -0.2) is 32.2 Å². The molecule has 0 amide bonds. The summed E-state index contributed by atoms with van der Waals surface area (Å²) in [5.74, 6) is -2.81. The third-order valence-corrected chi connectivity index (χ3v) is 3.10. The van der Waals surface area contributed by atoms with E-state index in [1.807, 2.05) is 0 Å². The lowest BCUT2D eigenvalue weighted by molar-refractivity contribution is -0.0645. The fraction of sp³-hybridized carbons (Fsp3) is 1.00. The van der Waals surface area contributed by atoms with Crippen LogP contribution in [0.3, 0.4) is 0 Å². The number of nitrogens with one attached hydrogen (secondary N) is 1. The highest BCUT2D eigenvalue weighted by Crippen LogP contribution is 2.37. The van der Waals surface area contributed by atoms with Crippen molar-refractivity contribution in [1.82, 2.24) is 5.32 Å². The molecule has 1 atom stereocenters. The van der Waals surface area contributed by atoms with E-state index in [2.05, 4.69) is 5.32 Å². The molecule has 2 rings (SSSR count). The first-order valence-corrected chi connectivity index (χ1v) is 4.86. The van der Waals surface area contributed by atoms with Gasteiger partial charge in [0, 0.05) is 25.7 Å². The zero-order valence-electron chi connectivity index (χ0n) is 7.56. The Balaban J connectivity index is 1.98. The predicted octanol–water partition coefficient (Wildman–Crippen LogP) is 1.27. The standard InChI is InChI=1S/C9H15F2NO/c10-9(11)6-12-5-8(9)7-1-3-13-4-2-7/h7-8,12H,1-6H2. The highest BCUT2D eigenvalue weighted by molar-refractivity contribution is 4.92. The maximum atomic E-state index is 13.3. The summed E-state index contributed by atoms with van der Waals surface area (Å²) in [7, 11) is 0. The second-order valence-corrected chi connectivity index (χ2v) is 3.95. The van der Waals surface area contributed by atoms with Crippen LogP contribution in [0.2, 0.25) is 0 Å². The van der Waals surface area contributed by atoms with Crippen molar-refractivity contribution in [2.24, 2.45) is 11.8 Å². The lowest BCUT2D eigenvalue weighted by Crippen LogP contribution is -2.35. The molecule has 13 heavy (non-hydrogen) atoms. The molecule has 2 nitrogen and oxygen atoms in total. The number of hydrogen-bond acceptors (Lipinski definition) is 2. The number of halogens is 2. The van der Waals surface area contributed by atoms with Crippen molar-refractivity contribution in [2.45, 2.75) is 18.8 Å². The average molecular weight is 191 g/mol. The van der Waals surface area contributed by atoms with Crippen LogP contribution in [0.4, 0.5) is 8.78 Å². The fourth-order valence-corrected chi connectivity index (χ4v) is 2.30. The molecular weight excluding hydrogens is 176 g/mol. The van der Waals surface area contributed by atoms with Crippen LogP contribution in [0.5, 0.6) is 0 Å². The van der Waals surface area contributed by atoms with Crippen LogP contribution >= 0.6 is 0 Å². The van der Waals surface area contributed by atoms with Gasteiger partial charge < -0.3 is 10.1 Å². The van der Waals surface area contributed by atoms with Gasteiger partial charge in [0.15, 0.2) is 0 Å². The Morgan fingerprint density at radius 3 is 2.46 bits per heavy atom. The van der Waals surface area contributed by atoms with E-state index in [-0.39, 0.29) is 12.5 Å². The van der Waals surface area contributed by atoms with Crippen LogP contribution in [0, 0.1) is 11.8 Å². The lowest BCUT2D eigenvalue weighted by Gasteiger charge is -2.30. The molecule has 76 valence electrons. The number of alkyl halides is 2. The molecule has 2 heterocycles. The number of hydrogen-bond donors (Lipinski definition) is 1. The molecule has 4 heteroatoms. The van der Waals surface area contributed by atoms with Gasteiger partial charge in [-0.1, -0.05) is 0 Å². The first-order chi connectivity index (χ1) is 6.20. The maximum absolute atomic E-state index is 13.3. The molecule has 0 aliphatic carbocycles. The molecule has 0 aromatic carbocycles. The van der Waals surface area contributed by atoms with E-state index in [0.29, 0.717) is 19.8 Å². The van der Waals surface area contributed by atoms with Crippen LogP contribution in [0.25, 0.3) is 0 Å². The van der Waals surface area contributed by atoms with Crippen molar-refractivity contribution in [3.63, 3.8) is 0 Å². The monoisotopic (exact) mass is 191 g/mol. The zero-order valence-corrected chi connectivity index (χ0v) is 7.56. The van der Waals surface area contributed by atoms with E-state index in [1.54, 1.807) is 0 Å². The molecule has 0 bridgehead atoms. The van der Waals surface area contributed by atoms with Crippen LogP contribution in [-0.2, 0) is 4.74 Å². The Morgan fingerprint density at radius 2 is 1.92 bits per heavy atom. The summed E-state index contributed by atoms with van der Waals surface area (Å²) in [5.41, 5.74) is 0. The summed E-state index contributed by atoms with van der Waals surface area (Å²) in [6.07, 6.45) is 1.59. The first-order valence-electron chi connectivity index (χ1n) is 4.86. The molecule has 2 fully saturated rings. The van der Waals surface area contributed by atoms with Gasteiger partial charge in [-0.2, -0.15) is 0 Å². The van der Waals surface area contributed by atoms with Crippen molar-refractivity contribution < 1.29 is 13.5 Å². The van der Waals surface area contributed by atoms with Crippen molar-refractivity contribution >= 4 is 0 Å². The summed E-state index contributed by atoms with van der Waals surface area (Å²) >= 11 is 0. The topological polar surface area (TPSA) is 21.3 Å². The molecule has 2 aliphatic heterocycles. The van der Waals surface area contributed by atoms with Gasteiger partial charge in [-0.3, -0.25) is 0 Å². The maximum Gasteiger partial charge on any atom is 0.264 e. The molecule has 0 aromatic rings. The predicted molar refractivity (Wildman–Crippen MR) is 44.8 cm³/mol. The third-order valence-electron chi connectivity index (χ3n) is 3.10. The zero-order chi connectivity index (χ0) is 9.31.